The lowest BCUT2D eigenvalue weighted by Gasteiger charge is -2.08. The molecule has 1 aromatic rings. The molecule has 1 atom stereocenters. The van der Waals surface area contributed by atoms with E-state index in [-0.39, 0.29) is 11.9 Å². The zero-order valence-corrected chi connectivity index (χ0v) is 7.66. The van der Waals surface area contributed by atoms with Gasteiger partial charge in [0.1, 0.15) is 12.4 Å². The van der Waals surface area contributed by atoms with Crippen molar-refractivity contribution in [2.24, 2.45) is 5.73 Å². The molecule has 0 amide bonds. The van der Waals surface area contributed by atoms with Crippen LogP contribution in [0.1, 0.15) is 23.6 Å². The van der Waals surface area contributed by atoms with E-state index >= 15 is 0 Å². The lowest BCUT2D eigenvalue weighted by atomic mass is 10.0. The molecular formula is C10H12N3O. The molecule has 73 valence electrons. The first kappa shape index (κ1) is 9.18. The van der Waals surface area contributed by atoms with E-state index in [0.29, 0.717) is 0 Å². The molecule has 2 rings (SSSR count). The van der Waals surface area contributed by atoms with Crippen molar-refractivity contribution in [3.63, 3.8) is 0 Å². The average Bonchev–Trinajstić information content (AvgIpc) is 2.71. The number of hydroxylamine groups is 1. The first-order valence-electron chi connectivity index (χ1n) is 4.44. The highest BCUT2D eigenvalue weighted by Gasteiger charge is 2.17. The van der Waals surface area contributed by atoms with Gasteiger partial charge in [-0.15, -0.1) is 0 Å². The van der Waals surface area contributed by atoms with Crippen LogP contribution in [0.2, 0.25) is 0 Å². The number of benzene rings is 1. The zero-order chi connectivity index (χ0) is 9.97. The van der Waals surface area contributed by atoms with Crippen molar-refractivity contribution in [3.05, 3.63) is 42.0 Å². The van der Waals surface area contributed by atoms with Crippen LogP contribution in [-0.4, -0.2) is 5.84 Å². The third-order valence-electron chi connectivity index (χ3n) is 2.25. The number of hydrogen-bond acceptors (Lipinski definition) is 3. The van der Waals surface area contributed by atoms with Gasteiger partial charge in [-0.1, -0.05) is 24.3 Å². The molecule has 1 saturated heterocycles. The van der Waals surface area contributed by atoms with Gasteiger partial charge in [-0.3, -0.25) is 10.2 Å². The quantitative estimate of drug-likeness (QED) is 0.483. The molecule has 14 heavy (non-hydrogen) atoms. The van der Waals surface area contributed by atoms with Crippen molar-refractivity contribution in [1.82, 2.24) is 5.48 Å². The van der Waals surface area contributed by atoms with Gasteiger partial charge in [-0.25, -0.2) is 0 Å². The molecule has 1 unspecified atom stereocenters. The Balaban J connectivity index is 2.16. The summed E-state index contributed by atoms with van der Waals surface area (Å²) in [6, 6.07) is 7.82. The highest BCUT2D eigenvalue weighted by molar-refractivity contribution is 5.94. The first-order valence-corrected chi connectivity index (χ1v) is 4.44. The molecule has 1 aromatic carbocycles. The van der Waals surface area contributed by atoms with Crippen molar-refractivity contribution < 1.29 is 4.84 Å². The Kier molecular flexibility index (Phi) is 2.47. The van der Waals surface area contributed by atoms with Gasteiger partial charge in [0.2, 0.25) is 0 Å². The topological polar surface area (TPSA) is 71.1 Å². The van der Waals surface area contributed by atoms with E-state index in [1.165, 1.54) is 0 Å². The largest absolute Gasteiger partial charge is 0.384 e. The Morgan fingerprint density at radius 3 is 2.64 bits per heavy atom. The first-order chi connectivity index (χ1) is 6.77. The standard InChI is InChI=1S/C10H12N3O/c11-10(12)8-3-1-7(2-4-8)9-5-6-14-13-9/h1-4,6,9,13H,5H2,(H3,11,12). The summed E-state index contributed by atoms with van der Waals surface area (Å²) in [5.74, 6) is 0.0961. The van der Waals surface area contributed by atoms with Crippen molar-refractivity contribution >= 4 is 5.84 Å². The maximum Gasteiger partial charge on any atom is 0.122 e. The van der Waals surface area contributed by atoms with Gasteiger partial charge in [-0.2, -0.15) is 5.48 Å². The van der Waals surface area contributed by atoms with E-state index in [2.05, 4.69) is 5.48 Å². The van der Waals surface area contributed by atoms with Crippen molar-refractivity contribution in [1.29, 1.82) is 5.41 Å². The third-order valence-corrected chi connectivity index (χ3v) is 2.25. The van der Waals surface area contributed by atoms with Crippen molar-refractivity contribution in [2.75, 3.05) is 0 Å². The molecule has 4 nitrogen and oxygen atoms in total. The SMILES string of the molecule is N=C(N)c1ccc(C2C[CH]ON2)cc1. The Morgan fingerprint density at radius 1 is 1.43 bits per heavy atom. The van der Waals surface area contributed by atoms with E-state index in [4.69, 9.17) is 16.0 Å². The predicted octanol–water partition coefficient (Wildman–Crippen LogP) is 1.10. The molecular weight excluding hydrogens is 178 g/mol. The monoisotopic (exact) mass is 190 g/mol. The summed E-state index contributed by atoms with van der Waals surface area (Å²) < 4.78 is 0. The van der Waals surface area contributed by atoms with Gasteiger partial charge in [0.25, 0.3) is 0 Å². The Labute approximate surface area is 82.5 Å². The molecule has 0 aliphatic carbocycles. The van der Waals surface area contributed by atoms with Gasteiger partial charge in [0.15, 0.2) is 0 Å². The van der Waals surface area contributed by atoms with Crippen LogP contribution in [0, 0.1) is 12.0 Å². The molecule has 4 N–H and O–H groups in total. The minimum atomic E-state index is 0.0961. The molecule has 1 aliphatic heterocycles. The second-order valence-corrected chi connectivity index (χ2v) is 3.23. The predicted molar refractivity (Wildman–Crippen MR) is 53.3 cm³/mol. The fourth-order valence-electron chi connectivity index (χ4n) is 1.42. The molecule has 1 heterocycles. The van der Waals surface area contributed by atoms with Crippen LogP contribution in [-0.2, 0) is 4.84 Å². The maximum absolute atomic E-state index is 7.25. The van der Waals surface area contributed by atoms with E-state index in [9.17, 15) is 0 Å². The summed E-state index contributed by atoms with van der Waals surface area (Å²) in [4.78, 5) is 4.95. The Bertz CT molecular complexity index is 328. The lowest BCUT2D eigenvalue weighted by molar-refractivity contribution is 0.128. The number of amidine groups is 1. The second kappa shape index (κ2) is 3.77. The molecule has 0 saturated carbocycles. The number of hydrogen-bond donors (Lipinski definition) is 3. The van der Waals surface area contributed by atoms with Crippen LogP contribution in [0.5, 0.6) is 0 Å². The minimum absolute atomic E-state index is 0.0961. The average molecular weight is 190 g/mol. The molecule has 0 aromatic heterocycles. The normalized spacial score (nSPS) is 21.0. The van der Waals surface area contributed by atoms with E-state index in [1.807, 2.05) is 24.3 Å². The fourth-order valence-corrected chi connectivity index (χ4v) is 1.42. The van der Waals surface area contributed by atoms with Gasteiger partial charge in [0, 0.05) is 5.56 Å². The van der Waals surface area contributed by atoms with Crippen LogP contribution in [0.15, 0.2) is 24.3 Å². The summed E-state index contributed by atoms with van der Waals surface area (Å²) in [6.07, 6.45) is 0.861. The van der Waals surface area contributed by atoms with Gasteiger partial charge in [0.05, 0.1) is 6.04 Å². The summed E-state index contributed by atoms with van der Waals surface area (Å²) in [7, 11) is 0. The third kappa shape index (κ3) is 1.76. The van der Waals surface area contributed by atoms with E-state index < -0.39 is 0 Å². The number of nitrogen functional groups attached to an aromatic ring is 1. The summed E-state index contributed by atoms with van der Waals surface area (Å²) >= 11 is 0. The zero-order valence-electron chi connectivity index (χ0n) is 7.66. The second-order valence-electron chi connectivity index (χ2n) is 3.23. The van der Waals surface area contributed by atoms with Crippen LogP contribution < -0.4 is 11.2 Å². The van der Waals surface area contributed by atoms with Gasteiger partial charge >= 0.3 is 0 Å². The number of nitrogens with two attached hydrogens (primary N) is 1. The molecule has 1 aliphatic rings. The van der Waals surface area contributed by atoms with Crippen molar-refractivity contribution in [3.8, 4) is 0 Å². The maximum atomic E-state index is 7.25. The summed E-state index contributed by atoms with van der Waals surface area (Å²) in [5.41, 5.74) is 10.1. The van der Waals surface area contributed by atoms with Gasteiger partial charge in [-0.05, 0) is 12.0 Å². The number of nitrogens with one attached hydrogen (secondary N) is 2. The highest BCUT2D eigenvalue weighted by Crippen LogP contribution is 2.22. The number of rotatable bonds is 2. The molecule has 1 fully saturated rings. The van der Waals surface area contributed by atoms with Crippen LogP contribution in [0.4, 0.5) is 0 Å². The van der Waals surface area contributed by atoms with Crippen LogP contribution in [0.25, 0.3) is 0 Å². The Hall–Kier alpha value is -1.39. The molecule has 4 heteroatoms. The Morgan fingerprint density at radius 2 is 2.14 bits per heavy atom. The summed E-state index contributed by atoms with van der Waals surface area (Å²) in [6.45, 7) is 1.74. The smallest absolute Gasteiger partial charge is 0.122 e. The molecule has 0 spiro atoms. The summed E-state index contributed by atoms with van der Waals surface area (Å²) in [5, 5.41) is 7.25. The van der Waals surface area contributed by atoms with Crippen LogP contribution in [0.3, 0.4) is 0 Å². The fraction of sp³-hybridized carbons (Fsp3) is 0.200. The molecule has 1 radical (unpaired) electrons. The van der Waals surface area contributed by atoms with E-state index in [1.54, 1.807) is 6.61 Å². The molecule has 0 bridgehead atoms. The van der Waals surface area contributed by atoms with Gasteiger partial charge < -0.3 is 5.73 Å². The van der Waals surface area contributed by atoms with Crippen LogP contribution >= 0.6 is 0 Å². The highest BCUT2D eigenvalue weighted by atomic mass is 16.7. The lowest BCUT2D eigenvalue weighted by Crippen LogP contribution is -2.13. The minimum Gasteiger partial charge on any atom is -0.384 e. The van der Waals surface area contributed by atoms with E-state index in [0.717, 1.165) is 17.5 Å². The van der Waals surface area contributed by atoms with Crippen molar-refractivity contribution in [2.45, 2.75) is 12.5 Å².